The predicted molar refractivity (Wildman–Crippen MR) is 89.9 cm³/mol. The summed E-state index contributed by atoms with van der Waals surface area (Å²) in [4.78, 5) is 14.3. The fourth-order valence-corrected chi connectivity index (χ4v) is 2.91. The Morgan fingerprint density at radius 1 is 1.22 bits per heavy atom. The van der Waals surface area contributed by atoms with Gasteiger partial charge in [-0.25, -0.2) is 0 Å². The molecule has 1 fully saturated rings. The Kier molecular flexibility index (Phi) is 4.58. The van der Waals surface area contributed by atoms with Crippen molar-refractivity contribution in [3.63, 3.8) is 0 Å². The van der Waals surface area contributed by atoms with Gasteiger partial charge < -0.3 is 10.2 Å². The summed E-state index contributed by atoms with van der Waals surface area (Å²) in [7, 11) is 0. The van der Waals surface area contributed by atoms with Crippen molar-refractivity contribution in [3.8, 4) is 6.07 Å². The number of nitrogens with zero attached hydrogens (tertiary/aromatic N) is 2. The number of rotatable bonds is 4. The monoisotopic (exact) mass is 305 g/mol. The summed E-state index contributed by atoms with van der Waals surface area (Å²) in [6, 6.07) is 19.7. The van der Waals surface area contributed by atoms with Crippen molar-refractivity contribution < 1.29 is 4.79 Å². The molecule has 0 aliphatic carbocycles. The average molecular weight is 305 g/mol. The average Bonchev–Trinajstić information content (AvgIpc) is 3.04. The van der Waals surface area contributed by atoms with E-state index in [1.165, 1.54) is 0 Å². The third-order valence-electron chi connectivity index (χ3n) is 4.10. The van der Waals surface area contributed by atoms with Crippen LogP contribution in [0, 0.1) is 11.3 Å². The van der Waals surface area contributed by atoms with Crippen LogP contribution in [0.1, 0.15) is 17.5 Å². The number of nitrogens with one attached hydrogen (secondary N) is 1. The Morgan fingerprint density at radius 3 is 2.83 bits per heavy atom. The summed E-state index contributed by atoms with van der Waals surface area (Å²) in [5.41, 5.74) is 2.59. The Balaban J connectivity index is 1.56. The first-order valence-corrected chi connectivity index (χ1v) is 7.83. The van der Waals surface area contributed by atoms with Gasteiger partial charge in [-0.15, -0.1) is 0 Å². The van der Waals surface area contributed by atoms with Gasteiger partial charge in [0.2, 0.25) is 5.91 Å². The smallest absolute Gasteiger partial charge is 0.227 e. The van der Waals surface area contributed by atoms with Gasteiger partial charge in [-0.1, -0.05) is 30.3 Å². The van der Waals surface area contributed by atoms with Crippen LogP contribution in [-0.2, 0) is 11.2 Å². The molecule has 23 heavy (non-hydrogen) atoms. The molecule has 1 N–H and O–H groups in total. The van der Waals surface area contributed by atoms with Gasteiger partial charge in [0.1, 0.15) is 0 Å². The Morgan fingerprint density at radius 2 is 2.04 bits per heavy atom. The second kappa shape index (κ2) is 6.97. The minimum Gasteiger partial charge on any atom is -0.380 e. The molecule has 1 aliphatic rings. The number of para-hydroxylation sites is 1. The van der Waals surface area contributed by atoms with Crippen molar-refractivity contribution in [1.29, 1.82) is 5.26 Å². The number of nitriles is 1. The number of benzene rings is 2. The highest BCUT2D eigenvalue weighted by Gasteiger charge is 2.26. The van der Waals surface area contributed by atoms with E-state index in [2.05, 4.69) is 11.4 Å². The van der Waals surface area contributed by atoms with Gasteiger partial charge in [-0.2, -0.15) is 5.26 Å². The van der Waals surface area contributed by atoms with E-state index in [0.717, 1.165) is 30.8 Å². The summed E-state index contributed by atoms with van der Waals surface area (Å²) >= 11 is 0. The van der Waals surface area contributed by atoms with Crippen molar-refractivity contribution in [2.24, 2.45) is 0 Å². The van der Waals surface area contributed by atoms with E-state index in [1.807, 2.05) is 47.4 Å². The first-order valence-electron chi connectivity index (χ1n) is 7.83. The van der Waals surface area contributed by atoms with Crippen LogP contribution in [0.5, 0.6) is 0 Å². The molecule has 1 saturated heterocycles. The zero-order valence-electron chi connectivity index (χ0n) is 12.9. The zero-order chi connectivity index (χ0) is 16.1. The van der Waals surface area contributed by atoms with Crippen LogP contribution in [-0.4, -0.2) is 29.9 Å². The Bertz CT molecular complexity index is 721. The van der Waals surface area contributed by atoms with Gasteiger partial charge in [-0.3, -0.25) is 4.79 Å². The molecule has 0 spiro atoms. The normalized spacial score (nSPS) is 16.8. The highest BCUT2D eigenvalue weighted by molar-refractivity contribution is 5.79. The molecule has 0 aromatic heterocycles. The van der Waals surface area contributed by atoms with Crippen molar-refractivity contribution in [2.45, 2.75) is 18.9 Å². The fourth-order valence-electron chi connectivity index (χ4n) is 2.91. The van der Waals surface area contributed by atoms with E-state index in [0.29, 0.717) is 18.0 Å². The highest BCUT2D eigenvalue weighted by Crippen LogP contribution is 2.17. The van der Waals surface area contributed by atoms with E-state index in [1.54, 1.807) is 12.1 Å². The molecule has 4 nitrogen and oxygen atoms in total. The molecular weight excluding hydrogens is 286 g/mol. The lowest BCUT2D eigenvalue weighted by molar-refractivity contribution is -0.129. The third-order valence-corrected chi connectivity index (χ3v) is 4.10. The molecule has 0 bridgehead atoms. The van der Waals surface area contributed by atoms with Crippen LogP contribution in [0.15, 0.2) is 54.6 Å². The number of carbonyl (C=O) groups excluding carboxylic acids is 1. The minimum atomic E-state index is 0.123. The van der Waals surface area contributed by atoms with E-state index >= 15 is 0 Å². The van der Waals surface area contributed by atoms with Gasteiger partial charge in [0.15, 0.2) is 0 Å². The molecule has 0 saturated carbocycles. The molecule has 1 aliphatic heterocycles. The van der Waals surface area contributed by atoms with Gasteiger partial charge in [0.05, 0.1) is 18.1 Å². The van der Waals surface area contributed by atoms with Crippen LogP contribution in [0.4, 0.5) is 5.69 Å². The maximum Gasteiger partial charge on any atom is 0.227 e. The Hall–Kier alpha value is -2.80. The van der Waals surface area contributed by atoms with Gasteiger partial charge in [0, 0.05) is 24.8 Å². The van der Waals surface area contributed by atoms with Crippen LogP contribution in [0.25, 0.3) is 0 Å². The van der Waals surface area contributed by atoms with E-state index in [9.17, 15) is 4.79 Å². The topological polar surface area (TPSA) is 56.1 Å². The van der Waals surface area contributed by atoms with Gasteiger partial charge in [0.25, 0.3) is 0 Å². The molecule has 3 rings (SSSR count). The SMILES string of the molecule is N#Cc1cccc(CC(=O)N2CCC(Nc3ccccc3)C2)c1. The van der Waals surface area contributed by atoms with Crippen LogP contribution in [0.2, 0.25) is 0 Å². The molecule has 1 heterocycles. The highest BCUT2D eigenvalue weighted by atomic mass is 16.2. The van der Waals surface area contributed by atoms with Crippen LogP contribution < -0.4 is 5.32 Å². The largest absolute Gasteiger partial charge is 0.380 e. The summed E-state index contributed by atoms with van der Waals surface area (Å²) < 4.78 is 0. The lowest BCUT2D eigenvalue weighted by Crippen LogP contribution is -2.32. The molecule has 2 aromatic rings. The summed E-state index contributed by atoms with van der Waals surface area (Å²) in [5, 5.41) is 12.4. The van der Waals surface area contributed by atoms with Crippen molar-refractivity contribution in [1.82, 2.24) is 4.90 Å². The fraction of sp³-hybridized carbons (Fsp3) is 0.263. The first kappa shape index (κ1) is 15.1. The summed E-state index contributed by atoms with van der Waals surface area (Å²) in [6.07, 6.45) is 1.31. The van der Waals surface area contributed by atoms with Crippen molar-refractivity contribution in [3.05, 3.63) is 65.7 Å². The number of amides is 1. The predicted octanol–water partition coefficient (Wildman–Crippen LogP) is 2.81. The standard InChI is InChI=1S/C19H19N3O/c20-13-16-6-4-5-15(11-16)12-19(23)22-10-9-18(14-22)21-17-7-2-1-3-8-17/h1-8,11,18,21H,9-10,12,14H2. The number of carbonyl (C=O) groups is 1. The number of anilines is 1. The van der Waals surface area contributed by atoms with Crippen LogP contribution >= 0.6 is 0 Å². The molecular formula is C19H19N3O. The van der Waals surface area contributed by atoms with Gasteiger partial charge in [-0.05, 0) is 36.2 Å². The molecule has 4 heteroatoms. The molecule has 1 amide bonds. The van der Waals surface area contributed by atoms with Gasteiger partial charge >= 0.3 is 0 Å². The first-order chi connectivity index (χ1) is 11.2. The van der Waals surface area contributed by atoms with E-state index in [4.69, 9.17) is 5.26 Å². The lowest BCUT2D eigenvalue weighted by atomic mass is 10.1. The van der Waals surface area contributed by atoms with Crippen molar-refractivity contribution in [2.75, 3.05) is 18.4 Å². The van der Waals surface area contributed by atoms with Crippen molar-refractivity contribution >= 4 is 11.6 Å². The van der Waals surface area contributed by atoms with E-state index < -0.39 is 0 Å². The van der Waals surface area contributed by atoms with Crippen LogP contribution in [0.3, 0.4) is 0 Å². The molecule has 1 atom stereocenters. The number of likely N-dealkylation sites (tertiary alicyclic amines) is 1. The number of hydrogen-bond donors (Lipinski definition) is 1. The summed E-state index contributed by atoms with van der Waals surface area (Å²) in [5.74, 6) is 0.123. The molecule has 116 valence electrons. The zero-order valence-corrected chi connectivity index (χ0v) is 12.9. The lowest BCUT2D eigenvalue weighted by Gasteiger charge is -2.18. The Labute approximate surface area is 136 Å². The third kappa shape index (κ3) is 3.89. The maximum atomic E-state index is 12.4. The molecule has 0 radical (unpaired) electrons. The minimum absolute atomic E-state index is 0.123. The summed E-state index contributed by atoms with van der Waals surface area (Å²) in [6.45, 7) is 1.51. The number of hydrogen-bond acceptors (Lipinski definition) is 3. The second-order valence-electron chi connectivity index (χ2n) is 5.82. The molecule has 1 unspecified atom stereocenters. The second-order valence-corrected chi connectivity index (χ2v) is 5.82. The molecule has 2 aromatic carbocycles. The van der Waals surface area contributed by atoms with E-state index in [-0.39, 0.29) is 5.91 Å². The quantitative estimate of drug-likeness (QED) is 0.945. The maximum absolute atomic E-state index is 12.4.